The molecule has 7 nitrogen and oxygen atoms in total. The average Bonchev–Trinajstić information content (AvgIpc) is 2.56. The molecule has 0 saturated heterocycles. The van der Waals surface area contributed by atoms with Crippen LogP contribution in [0.15, 0.2) is 24.3 Å². The Morgan fingerprint density at radius 1 is 1.17 bits per heavy atom. The van der Waals surface area contributed by atoms with Crippen LogP contribution in [0, 0.1) is 16.0 Å². The number of carbonyl (C=O) groups is 2. The Morgan fingerprint density at radius 2 is 1.79 bits per heavy atom. The maximum absolute atomic E-state index is 12.2. The van der Waals surface area contributed by atoms with Crippen molar-refractivity contribution < 1.29 is 24.0 Å². The van der Waals surface area contributed by atoms with Crippen molar-refractivity contribution in [1.82, 2.24) is 0 Å². The fraction of sp³-hybridized carbons (Fsp3) is 0.529. The molecule has 0 radical (unpaired) electrons. The lowest BCUT2D eigenvalue weighted by atomic mass is 9.87. The Morgan fingerprint density at radius 3 is 2.33 bits per heavy atom. The summed E-state index contributed by atoms with van der Waals surface area (Å²) in [5, 5.41) is 10.6. The lowest BCUT2D eigenvalue weighted by molar-refractivity contribution is -0.384. The quantitative estimate of drug-likeness (QED) is 0.342. The zero-order valence-electron chi connectivity index (χ0n) is 13.6. The molecule has 0 bridgehead atoms. The molecule has 7 heteroatoms. The van der Waals surface area contributed by atoms with Gasteiger partial charge in [0.15, 0.2) is 0 Å². The van der Waals surface area contributed by atoms with Gasteiger partial charge in [-0.25, -0.2) is 0 Å². The van der Waals surface area contributed by atoms with E-state index in [1.54, 1.807) is 0 Å². The lowest BCUT2D eigenvalue weighted by Crippen LogP contribution is -2.30. The predicted molar refractivity (Wildman–Crippen MR) is 85.5 cm³/mol. The maximum atomic E-state index is 12.2. The second kappa shape index (κ2) is 8.42. The molecule has 1 aromatic carbocycles. The SMILES string of the molecule is CCCC(=O)O[C@H]1CC[C@H](C(=O)Oc2ccc([N+](=O)[O-])cc2)CC1. The van der Waals surface area contributed by atoms with E-state index in [0.717, 1.165) is 6.42 Å². The van der Waals surface area contributed by atoms with Gasteiger partial charge in [0, 0.05) is 18.6 Å². The molecule has 24 heavy (non-hydrogen) atoms. The third kappa shape index (κ3) is 5.04. The van der Waals surface area contributed by atoms with Crippen molar-refractivity contribution in [2.24, 2.45) is 5.92 Å². The van der Waals surface area contributed by atoms with Gasteiger partial charge in [-0.2, -0.15) is 0 Å². The second-order valence-corrected chi connectivity index (χ2v) is 5.89. The van der Waals surface area contributed by atoms with Gasteiger partial charge in [0.05, 0.1) is 10.8 Å². The van der Waals surface area contributed by atoms with E-state index in [0.29, 0.717) is 37.9 Å². The van der Waals surface area contributed by atoms with Crippen molar-refractivity contribution in [2.45, 2.75) is 51.6 Å². The number of rotatable bonds is 6. The summed E-state index contributed by atoms with van der Waals surface area (Å²) < 4.78 is 10.6. The number of carbonyl (C=O) groups excluding carboxylic acids is 2. The summed E-state index contributed by atoms with van der Waals surface area (Å²) in [6, 6.07) is 5.42. The molecule has 0 atom stereocenters. The molecule has 0 amide bonds. The minimum Gasteiger partial charge on any atom is -0.462 e. The molecule has 1 saturated carbocycles. The smallest absolute Gasteiger partial charge is 0.314 e. The van der Waals surface area contributed by atoms with Crippen molar-refractivity contribution in [2.75, 3.05) is 0 Å². The van der Waals surface area contributed by atoms with Crippen LogP contribution in [0.1, 0.15) is 45.4 Å². The predicted octanol–water partition coefficient (Wildman–Crippen LogP) is 3.40. The van der Waals surface area contributed by atoms with E-state index in [2.05, 4.69) is 0 Å². The van der Waals surface area contributed by atoms with Crippen molar-refractivity contribution in [1.29, 1.82) is 0 Å². The third-order valence-electron chi connectivity index (χ3n) is 4.03. The first-order chi connectivity index (χ1) is 11.5. The Hall–Kier alpha value is -2.44. The van der Waals surface area contributed by atoms with Crippen molar-refractivity contribution in [3.63, 3.8) is 0 Å². The van der Waals surface area contributed by atoms with Gasteiger partial charge in [0.25, 0.3) is 5.69 Å². The first-order valence-corrected chi connectivity index (χ1v) is 8.15. The maximum Gasteiger partial charge on any atom is 0.314 e. The topological polar surface area (TPSA) is 95.7 Å². The molecular weight excluding hydrogens is 314 g/mol. The van der Waals surface area contributed by atoms with Crippen molar-refractivity contribution >= 4 is 17.6 Å². The number of esters is 2. The summed E-state index contributed by atoms with van der Waals surface area (Å²) in [7, 11) is 0. The summed E-state index contributed by atoms with van der Waals surface area (Å²) >= 11 is 0. The monoisotopic (exact) mass is 335 g/mol. The summed E-state index contributed by atoms with van der Waals surface area (Å²) in [6.45, 7) is 1.92. The highest BCUT2D eigenvalue weighted by Gasteiger charge is 2.29. The van der Waals surface area contributed by atoms with Crippen LogP contribution in [0.5, 0.6) is 5.75 Å². The van der Waals surface area contributed by atoms with Gasteiger partial charge in [0.1, 0.15) is 11.9 Å². The van der Waals surface area contributed by atoms with Gasteiger partial charge >= 0.3 is 11.9 Å². The molecule has 1 aromatic rings. The first kappa shape index (κ1) is 17.9. The highest BCUT2D eigenvalue weighted by molar-refractivity contribution is 5.75. The number of nitrogens with zero attached hydrogens (tertiary/aromatic N) is 1. The molecule has 0 spiro atoms. The van der Waals surface area contributed by atoms with E-state index in [1.807, 2.05) is 6.92 Å². The fourth-order valence-corrected chi connectivity index (χ4v) is 2.70. The normalized spacial score (nSPS) is 20.2. The van der Waals surface area contributed by atoms with Crippen molar-refractivity contribution in [3.8, 4) is 5.75 Å². The molecule has 2 rings (SSSR count). The highest BCUT2D eigenvalue weighted by atomic mass is 16.6. The van der Waals surface area contributed by atoms with E-state index < -0.39 is 4.92 Å². The number of nitro groups is 1. The Labute approximate surface area is 140 Å². The Kier molecular flexibility index (Phi) is 6.28. The van der Waals surface area contributed by atoms with Crippen LogP contribution >= 0.6 is 0 Å². The largest absolute Gasteiger partial charge is 0.462 e. The average molecular weight is 335 g/mol. The van der Waals surface area contributed by atoms with Gasteiger partial charge in [-0.3, -0.25) is 19.7 Å². The third-order valence-corrected chi connectivity index (χ3v) is 4.03. The molecular formula is C17H21NO6. The number of hydrogen-bond acceptors (Lipinski definition) is 6. The summed E-state index contributed by atoms with van der Waals surface area (Å²) in [5.41, 5.74) is -0.0517. The van der Waals surface area contributed by atoms with E-state index in [9.17, 15) is 19.7 Å². The zero-order valence-corrected chi connectivity index (χ0v) is 13.6. The van der Waals surface area contributed by atoms with Crippen LogP contribution in [0.3, 0.4) is 0 Å². The van der Waals surface area contributed by atoms with Crippen LogP contribution in [0.25, 0.3) is 0 Å². The molecule has 1 aliphatic rings. The van der Waals surface area contributed by atoms with Gasteiger partial charge in [-0.15, -0.1) is 0 Å². The summed E-state index contributed by atoms with van der Waals surface area (Å²) in [4.78, 5) is 33.7. The second-order valence-electron chi connectivity index (χ2n) is 5.89. The number of ether oxygens (including phenoxy) is 2. The molecule has 130 valence electrons. The number of hydrogen-bond donors (Lipinski definition) is 0. The lowest BCUT2D eigenvalue weighted by Gasteiger charge is -2.27. The number of nitro benzene ring substituents is 1. The molecule has 0 aromatic heterocycles. The van der Waals surface area contributed by atoms with Crippen LogP contribution in [0.4, 0.5) is 5.69 Å². The van der Waals surface area contributed by atoms with E-state index in [-0.39, 0.29) is 29.6 Å². The van der Waals surface area contributed by atoms with E-state index in [4.69, 9.17) is 9.47 Å². The Balaban J connectivity index is 1.80. The zero-order chi connectivity index (χ0) is 17.5. The van der Waals surface area contributed by atoms with Gasteiger partial charge in [0.2, 0.25) is 0 Å². The van der Waals surface area contributed by atoms with Gasteiger partial charge < -0.3 is 9.47 Å². The molecule has 1 aliphatic carbocycles. The van der Waals surface area contributed by atoms with Crippen LogP contribution in [-0.2, 0) is 14.3 Å². The van der Waals surface area contributed by atoms with Gasteiger partial charge in [-0.1, -0.05) is 6.92 Å². The summed E-state index contributed by atoms with van der Waals surface area (Å²) in [6.07, 6.45) is 3.57. The standard InChI is InChI=1S/C17H21NO6/c1-2-3-16(19)23-14-8-4-12(5-9-14)17(20)24-15-10-6-13(7-11-15)18(21)22/h6-7,10-12,14H,2-5,8-9H2,1H3/t12-,14-. The molecule has 1 fully saturated rings. The molecule has 0 unspecified atom stereocenters. The van der Waals surface area contributed by atoms with E-state index >= 15 is 0 Å². The number of benzene rings is 1. The highest BCUT2D eigenvalue weighted by Crippen LogP contribution is 2.28. The minimum absolute atomic E-state index is 0.0517. The minimum atomic E-state index is -0.507. The van der Waals surface area contributed by atoms with Crippen LogP contribution < -0.4 is 4.74 Å². The van der Waals surface area contributed by atoms with Gasteiger partial charge in [-0.05, 0) is 44.2 Å². The fourth-order valence-electron chi connectivity index (χ4n) is 2.70. The number of non-ortho nitro benzene ring substituents is 1. The summed E-state index contributed by atoms with van der Waals surface area (Å²) in [5.74, 6) is -0.472. The molecule has 0 aliphatic heterocycles. The van der Waals surface area contributed by atoms with Crippen LogP contribution in [0.2, 0.25) is 0 Å². The van der Waals surface area contributed by atoms with E-state index in [1.165, 1.54) is 24.3 Å². The molecule has 0 heterocycles. The molecule has 0 N–H and O–H groups in total. The van der Waals surface area contributed by atoms with Crippen LogP contribution in [-0.4, -0.2) is 23.0 Å². The first-order valence-electron chi connectivity index (χ1n) is 8.15. The van der Waals surface area contributed by atoms with Crippen molar-refractivity contribution in [3.05, 3.63) is 34.4 Å². The Bertz CT molecular complexity index is 590.